The highest BCUT2D eigenvalue weighted by Crippen LogP contribution is 2.34. The van der Waals surface area contributed by atoms with Gasteiger partial charge in [-0.05, 0) is 11.6 Å². The molecule has 3 nitrogen and oxygen atoms in total. The molecule has 0 N–H and O–H groups in total. The maximum atomic E-state index is 6.13. The van der Waals surface area contributed by atoms with Crippen LogP contribution in [0, 0.1) is 0 Å². The second-order valence-electron chi connectivity index (χ2n) is 3.91. The lowest BCUT2D eigenvalue weighted by Crippen LogP contribution is -1.98. The highest BCUT2D eigenvalue weighted by Gasteiger charge is 2.13. The Kier molecular flexibility index (Phi) is 4.51. The molecule has 2 aromatic rings. The lowest BCUT2D eigenvalue weighted by molar-refractivity contribution is 0.352. The van der Waals surface area contributed by atoms with Gasteiger partial charge >= 0.3 is 0 Å². The van der Waals surface area contributed by atoms with E-state index in [4.69, 9.17) is 32.7 Å². The highest BCUT2D eigenvalue weighted by atomic mass is 35.5. The quantitative estimate of drug-likeness (QED) is 0.855. The number of pyridine rings is 1. The molecule has 1 heterocycles. The van der Waals surface area contributed by atoms with Crippen LogP contribution in [0.15, 0.2) is 30.6 Å². The fraction of sp³-hybridized carbons (Fsp3) is 0.214. The van der Waals surface area contributed by atoms with Crippen molar-refractivity contribution in [3.8, 4) is 11.5 Å². The Morgan fingerprint density at radius 1 is 1.05 bits per heavy atom. The van der Waals surface area contributed by atoms with Crippen LogP contribution in [0.4, 0.5) is 0 Å². The fourth-order valence-corrected chi connectivity index (χ4v) is 2.39. The van der Waals surface area contributed by atoms with Gasteiger partial charge in [0.05, 0.1) is 24.3 Å². The monoisotopic (exact) mass is 297 g/mol. The van der Waals surface area contributed by atoms with Gasteiger partial charge in [-0.15, -0.1) is 0 Å². The molecule has 1 aromatic carbocycles. The van der Waals surface area contributed by atoms with E-state index < -0.39 is 0 Å². The first-order valence-electron chi connectivity index (χ1n) is 5.65. The Morgan fingerprint density at radius 2 is 1.74 bits per heavy atom. The van der Waals surface area contributed by atoms with Gasteiger partial charge in [-0.2, -0.15) is 0 Å². The third-order valence-electron chi connectivity index (χ3n) is 2.80. The molecule has 0 aliphatic carbocycles. The van der Waals surface area contributed by atoms with Gasteiger partial charge in [0.15, 0.2) is 11.5 Å². The van der Waals surface area contributed by atoms with E-state index in [9.17, 15) is 0 Å². The molecule has 5 heteroatoms. The van der Waals surface area contributed by atoms with Crippen LogP contribution in [0.1, 0.15) is 11.1 Å². The number of nitrogens with zero attached hydrogens (tertiary/aromatic N) is 1. The summed E-state index contributed by atoms with van der Waals surface area (Å²) < 4.78 is 10.7. The normalized spacial score (nSPS) is 10.3. The maximum absolute atomic E-state index is 6.13. The molecule has 0 aliphatic heterocycles. The minimum Gasteiger partial charge on any atom is -0.493 e. The van der Waals surface area contributed by atoms with E-state index >= 15 is 0 Å². The summed E-state index contributed by atoms with van der Waals surface area (Å²) in [4.78, 5) is 3.94. The summed E-state index contributed by atoms with van der Waals surface area (Å²) in [5.41, 5.74) is 1.78. The summed E-state index contributed by atoms with van der Waals surface area (Å²) in [5.74, 6) is 1.37. The molecule has 1 aromatic heterocycles. The number of rotatable bonds is 4. The van der Waals surface area contributed by atoms with Crippen molar-refractivity contribution >= 4 is 23.2 Å². The lowest BCUT2D eigenvalue weighted by atomic mass is 10.0. The van der Waals surface area contributed by atoms with Crippen molar-refractivity contribution in [2.45, 2.75) is 6.42 Å². The number of hydrogen-bond donors (Lipinski definition) is 0. The number of methoxy groups -OCH3 is 2. The first-order valence-corrected chi connectivity index (χ1v) is 6.40. The van der Waals surface area contributed by atoms with Gasteiger partial charge in [0.25, 0.3) is 0 Å². The van der Waals surface area contributed by atoms with Gasteiger partial charge in [0.1, 0.15) is 0 Å². The van der Waals surface area contributed by atoms with E-state index in [1.165, 1.54) is 0 Å². The van der Waals surface area contributed by atoms with Crippen molar-refractivity contribution in [3.63, 3.8) is 0 Å². The van der Waals surface area contributed by atoms with Gasteiger partial charge in [-0.1, -0.05) is 35.3 Å². The van der Waals surface area contributed by atoms with Crippen LogP contribution in [-0.2, 0) is 6.42 Å². The number of ether oxygens (including phenoxy) is 2. The summed E-state index contributed by atoms with van der Waals surface area (Å²) in [6.45, 7) is 0. The van der Waals surface area contributed by atoms with Gasteiger partial charge < -0.3 is 9.47 Å². The molecule has 0 bridgehead atoms. The van der Waals surface area contributed by atoms with E-state index in [1.807, 2.05) is 18.2 Å². The molecular weight excluding hydrogens is 285 g/mol. The van der Waals surface area contributed by atoms with Crippen molar-refractivity contribution in [2.24, 2.45) is 0 Å². The Morgan fingerprint density at radius 3 is 2.32 bits per heavy atom. The number of aromatic nitrogens is 1. The Balaban J connectivity index is 2.44. The van der Waals surface area contributed by atoms with Crippen molar-refractivity contribution in [1.29, 1.82) is 0 Å². The van der Waals surface area contributed by atoms with Crippen LogP contribution >= 0.6 is 23.2 Å². The second-order valence-corrected chi connectivity index (χ2v) is 4.73. The minimum absolute atomic E-state index is 0.539. The summed E-state index contributed by atoms with van der Waals surface area (Å²) in [6.07, 6.45) is 3.71. The van der Waals surface area contributed by atoms with Crippen LogP contribution in [-0.4, -0.2) is 19.2 Å². The highest BCUT2D eigenvalue weighted by molar-refractivity contribution is 6.35. The van der Waals surface area contributed by atoms with Gasteiger partial charge in [-0.3, -0.25) is 4.98 Å². The summed E-state index contributed by atoms with van der Waals surface area (Å²) in [7, 11) is 3.21. The number of halogens is 2. The standard InChI is InChI=1S/C14H13Cl2NO2/c1-18-13-5-3-4-9(14(13)19-2)6-10-11(15)7-17-8-12(10)16/h3-5,7-8H,6H2,1-2H3. The van der Waals surface area contributed by atoms with Crippen molar-refractivity contribution in [1.82, 2.24) is 4.98 Å². The van der Waals surface area contributed by atoms with Crippen molar-refractivity contribution in [2.75, 3.05) is 14.2 Å². The van der Waals surface area contributed by atoms with E-state index in [0.29, 0.717) is 28.0 Å². The fourth-order valence-electron chi connectivity index (χ4n) is 1.89. The molecule has 100 valence electrons. The lowest BCUT2D eigenvalue weighted by Gasteiger charge is -2.13. The molecule has 0 amide bonds. The number of hydrogen-bond acceptors (Lipinski definition) is 3. The smallest absolute Gasteiger partial charge is 0.164 e. The second kappa shape index (κ2) is 6.13. The molecular formula is C14H13Cl2NO2. The van der Waals surface area contributed by atoms with Gasteiger partial charge in [0.2, 0.25) is 0 Å². The molecule has 0 radical (unpaired) electrons. The third-order valence-corrected chi connectivity index (χ3v) is 3.46. The molecule has 0 aliphatic rings. The first kappa shape index (κ1) is 14.0. The van der Waals surface area contributed by atoms with E-state index in [1.54, 1.807) is 26.6 Å². The molecule has 0 saturated heterocycles. The average molecular weight is 298 g/mol. The molecule has 0 atom stereocenters. The Bertz CT molecular complexity index is 567. The van der Waals surface area contributed by atoms with Crippen LogP contribution in [0.5, 0.6) is 11.5 Å². The minimum atomic E-state index is 0.539. The van der Waals surface area contributed by atoms with E-state index in [2.05, 4.69) is 4.98 Å². The maximum Gasteiger partial charge on any atom is 0.164 e. The van der Waals surface area contributed by atoms with Gasteiger partial charge in [-0.25, -0.2) is 0 Å². The van der Waals surface area contributed by atoms with Crippen LogP contribution < -0.4 is 9.47 Å². The van der Waals surface area contributed by atoms with Gasteiger partial charge in [0, 0.05) is 24.4 Å². The predicted octanol–water partition coefficient (Wildman–Crippen LogP) is 4.00. The summed E-state index contributed by atoms with van der Waals surface area (Å²) in [5, 5.41) is 1.08. The van der Waals surface area contributed by atoms with Crippen LogP contribution in [0.3, 0.4) is 0 Å². The van der Waals surface area contributed by atoms with Crippen LogP contribution in [0.2, 0.25) is 10.0 Å². The largest absolute Gasteiger partial charge is 0.493 e. The number of para-hydroxylation sites is 1. The summed E-state index contributed by atoms with van der Waals surface area (Å²) >= 11 is 12.3. The third kappa shape index (κ3) is 2.94. The van der Waals surface area contributed by atoms with E-state index in [-0.39, 0.29) is 0 Å². The Labute approximate surface area is 122 Å². The van der Waals surface area contributed by atoms with Crippen molar-refractivity contribution < 1.29 is 9.47 Å². The van der Waals surface area contributed by atoms with E-state index in [0.717, 1.165) is 11.1 Å². The SMILES string of the molecule is COc1cccc(Cc2c(Cl)cncc2Cl)c1OC. The summed E-state index contributed by atoms with van der Waals surface area (Å²) in [6, 6.07) is 5.70. The van der Waals surface area contributed by atoms with Crippen molar-refractivity contribution in [3.05, 3.63) is 51.8 Å². The molecule has 0 spiro atoms. The Hall–Kier alpha value is -1.45. The number of benzene rings is 1. The zero-order chi connectivity index (χ0) is 13.8. The molecule has 19 heavy (non-hydrogen) atoms. The topological polar surface area (TPSA) is 31.4 Å². The molecule has 0 saturated carbocycles. The molecule has 0 fully saturated rings. The predicted molar refractivity (Wildman–Crippen MR) is 76.6 cm³/mol. The zero-order valence-corrected chi connectivity index (χ0v) is 12.1. The average Bonchev–Trinajstić information content (AvgIpc) is 2.42. The molecule has 2 rings (SSSR count). The molecule has 0 unspecified atom stereocenters. The first-order chi connectivity index (χ1) is 9.17. The van der Waals surface area contributed by atoms with Crippen LogP contribution in [0.25, 0.3) is 0 Å². The zero-order valence-electron chi connectivity index (χ0n) is 10.6.